The summed E-state index contributed by atoms with van der Waals surface area (Å²) < 4.78 is 0. The van der Waals surface area contributed by atoms with Gasteiger partial charge in [0.05, 0.1) is 12.1 Å². The molecule has 5 N–H and O–H groups in total. The number of aliphatic carboxylic acids is 1. The van der Waals surface area contributed by atoms with Crippen LogP contribution in [0.25, 0.3) is 5.57 Å². The molecule has 1 aromatic carbocycles. The van der Waals surface area contributed by atoms with E-state index in [0.717, 1.165) is 5.56 Å². The first kappa shape index (κ1) is 12.5. The van der Waals surface area contributed by atoms with Gasteiger partial charge in [-0.3, -0.25) is 4.79 Å². The van der Waals surface area contributed by atoms with E-state index in [9.17, 15) is 4.79 Å². The molecule has 4 nitrogen and oxygen atoms in total. The van der Waals surface area contributed by atoms with Crippen molar-refractivity contribution in [1.29, 1.82) is 0 Å². The maximum atomic E-state index is 10.9. The topological polar surface area (TPSA) is 89.3 Å². The molecule has 0 atom stereocenters. The second-order valence-corrected chi connectivity index (χ2v) is 4.48. The molecule has 2 rings (SSSR count). The summed E-state index contributed by atoms with van der Waals surface area (Å²) in [6.07, 6.45) is 4.05. The van der Waals surface area contributed by atoms with E-state index >= 15 is 0 Å². The second-order valence-electron chi connectivity index (χ2n) is 4.48. The van der Waals surface area contributed by atoms with Crippen LogP contribution in [0, 0.1) is 0 Å². The Morgan fingerprint density at radius 2 is 1.94 bits per heavy atom. The first-order chi connectivity index (χ1) is 8.50. The van der Waals surface area contributed by atoms with Gasteiger partial charge in [-0.15, -0.1) is 0 Å². The molecule has 1 aliphatic carbocycles. The van der Waals surface area contributed by atoms with Crippen LogP contribution < -0.4 is 11.5 Å². The van der Waals surface area contributed by atoms with E-state index in [-0.39, 0.29) is 6.42 Å². The van der Waals surface area contributed by atoms with E-state index in [1.807, 2.05) is 36.4 Å². The Kier molecular flexibility index (Phi) is 3.32. The van der Waals surface area contributed by atoms with Gasteiger partial charge < -0.3 is 16.6 Å². The Balaban J connectivity index is 2.55. The number of allylic oxidation sites excluding steroid dienone is 1. The summed E-state index contributed by atoms with van der Waals surface area (Å²) >= 11 is 0. The summed E-state index contributed by atoms with van der Waals surface area (Å²) in [4.78, 5) is 10.9. The van der Waals surface area contributed by atoms with Gasteiger partial charge in [-0.2, -0.15) is 0 Å². The van der Waals surface area contributed by atoms with E-state index in [1.54, 1.807) is 6.08 Å². The van der Waals surface area contributed by atoms with Gasteiger partial charge in [0, 0.05) is 6.42 Å². The molecule has 0 saturated heterocycles. The molecule has 0 unspecified atom stereocenters. The summed E-state index contributed by atoms with van der Waals surface area (Å²) in [6.45, 7) is 0. The third kappa shape index (κ3) is 2.50. The quantitative estimate of drug-likeness (QED) is 0.703. The molecule has 0 aromatic heterocycles. The van der Waals surface area contributed by atoms with Gasteiger partial charge in [0.2, 0.25) is 0 Å². The van der Waals surface area contributed by atoms with Gasteiger partial charge >= 0.3 is 5.97 Å². The van der Waals surface area contributed by atoms with Crippen molar-refractivity contribution in [1.82, 2.24) is 0 Å². The lowest BCUT2D eigenvalue weighted by Crippen LogP contribution is -2.51. The molecule has 0 heterocycles. The van der Waals surface area contributed by atoms with Crippen molar-refractivity contribution in [3.8, 4) is 0 Å². The molecule has 94 valence electrons. The smallest absolute Gasteiger partial charge is 0.307 e. The van der Waals surface area contributed by atoms with Crippen LogP contribution in [-0.4, -0.2) is 16.7 Å². The second kappa shape index (κ2) is 4.76. The Labute approximate surface area is 106 Å². The number of benzene rings is 1. The maximum Gasteiger partial charge on any atom is 0.307 e. The average molecular weight is 244 g/mol. The highest BCUT2D eigenvalue weighted by Gasteiger charge is 2.30. The molecule has 1 aromatic rings. The fraction of sp³-hybridized carbons (Fsp3) is 0.214. The molecule has 0 radical (unpaired) electrons. The van der Waals surface area contributed by atoms with Gasteiger partial charge in [0.25, 0.3) is 0 Å². The Bertz CT molecular complexity index is 516. The molecule has 0 saturated carbocycles. The lowest BCUT2D eigenvalue weighted by molar-refractivity contribution is -0.136. The third-order valence-electron chi connectivity index (χ3n) is 2.97. The van der Waals surface area contributed by atoms with E-state index in [0.29, 0.717) is 17.6 Å². The minimum Gasteiger partial charge on any atom is -0.481 e. The summed E-state index contributed by atoms with van der Waals surface area (Å²) in [6, 6.07) is 9.45. The van der Waals surface area contributed by atoms with Crippen molar-refractivity contribution in [2.45, 2.75) is 18.5 Å². The van der Waals surface area contributed by atoms with Crippen LogP contribution in [0.15, 0.2) is 48.1 Å². The van der Waals surface area contributed by atoms with E-state index in [2.05, 4.69) is 0 Å². The van der Waals surface area contributed by atoms with Gasteiger partial charge in [0.15, 0.2) is 0 Å². The van der Waals surface area contributed by atoms with Gasteiger partial charge in [-0.05, 0) is 16.7 Å². The molecule has 18 heavy (non-hydrogen) atoms. The van der Waals surface area contributed by atoms with Crippen LogP contribution in [0.1, 0.15) is 18.4 Å². The van der Waals surface area contributed by atoms with Crippen molar-refractivity contribution in [3.05, 3.63) is 53.6 Å². The summed E-state index contributed by atoms with van der Waals surface area (Å²) in [5.41, 5.74) is 13.4. The maximum absolute atomic E-state index is 10.9. The Morgan fingerprint density at radius 1 is 1.28 bits per heavy atom. The largest absolute Gasteiger partial charge is 0.481 e. The number of hydrogen-bond acceptors (Lipinski definition) is 3. The predicted molar refractivity (Wildman–Crippen MR) is 70.5 cm³/mol. The van der Waals surface area contributed by atoms with Gasteiger partial charge in [-0.25, -0.2) is 0 Å². The highest BCUT2D eigenvalue weighted by molar-refractivity contribution is 5.83. The van der Waals surface area contributed by atoms with Crippen molar-refractivity contribution in [2.24, 2.45) is 11.5 Å². The van der Waals surface area contributed by atoms with Crippen molar-refractivity contribution in [2.75, 3.05) is 0 Å². The van der Waals surface area contributed by atoms with Crippen LogP contribution in [0.5, 0.6) is 0 Å². The highest BCUT2D eigenvalue weighted by Crippen LogP contribution is 2.33. The Morgan fingerprint density at radius 3 is 2.56 bits per heavy atom. The summed E-state index contributed by atoms with van der Waals surface area (Å²) in [5, 5.41) is 8.95. The Hall–Kier alpha value is -1.91. The van der Waals surface area contributed by atoms with Crippen molar-refractivity contribution < 1.29 is 9.90 Å². The minimum atomic E-state index is -1.01. The number of carbonyl (C=O) groups is 1. The number of hydrogen-bond donors (Lipinski definition) is 3. The molecule has 0 spiro atoms. The number of rotatable bonds is 3. The van der Waals surface area contributed by atoms with Crippen molar-refractivity contribution >= 4 is 11.5 Å². The normalized spacial score (nSPS) is 17.9. The zero-order valence-electron chi connectivity index (χ0n) is 9.97. The van der Waals surface area contributed by atoms with Crippen LogP contribution >= 0.6 is 0 Å². The standard InChI is InChI=1S/C14H16N2O2/c15-14(16)8-4-7-11(9-12(17)18)13(14)10-5-2-1-3-6-10/h1-7H,8-9,15-16H2,(H,17,18). The molecule has 0 fully saturated rings. The minimum absolute atomic E-state index is 0.0725. The molecule has 4 heteroatoms. The number of nitrogens with two attached hydrogens (primary N) is 2. The zero-order chi connectivity index (χ0) is 13.2. The lowest BCUT2D eigenvalue weighted by Gasteiger charge is -2.32. The lowest BCUT2D eigenvalue weighted by atomic mass is 9.82. The molecular formula is C14H16N2O2. The zero-order valence-corrected chi connectivity index (χ0v) is 9.97. The van der Waals surface area contributed by atoms with Crippen LogP contribution in [0.3, 0.4) is 0 Å². The molecular weight excluding hydrogens is 228 g/mol. The molecule has 1 aliphatic rings. The van der Waals surface area contributed by atoms with Crippen LogP contribution in [-0.2, 0) is 4.79 Å². The SMILES string of the molecule is NC1(N)CC=CC(CC(=O)O)=C1c1ccccc1. The summed E-state index contributed by atoms with van der Waals surface area (Å²) in [5.74, 6) is -0.888. The van der Waals surface area contributed by atoms with E-state index in [4.69, 9.17) is 16.6 Å². The molecule has 0 aliphatic heterocycles. The highest BCUT2D eigenvalue weighted by atomic mass is 16.4. The van der Waals surface area contributed by atoms with Gasteiger partial charge in [0.1, 0.15) is 0 Å². The van der Waals surface area contributed by atoms with E-state index < -0.39 is 11.6 Å². The van der Waals surface area contributed by atoms with Crippen LogP contribution in [0.2, 0.25) is 0 Å². The third-order valence-corrected chi connectivity index (χ3v) is 2.97. The van der Waals surface area contributed by atoms with Gasteiger partial charge in [-0.1, -0.05) is 42.5 Å². The molecule has 0 bridgehead atoms. The first-order valence-electron chi connectivity index (χ1n) is 5.76. The predicted octanol–water partition coefficient (Wildman–Crippen LogP) is 1.49. The summed E-state index contributed by atoms with van der Waals surface area (Å²) in [7, 11) is 0. The fourth-order valence-corrected chi connectivity index (χ4v) is 2.25. The van der Waals surface area contributed by atoms with Crippen LogP contribution in [0.4, 0.5) is 0 Å². The molecule has 0 amide bonds. The van der Waals surface area contributed by atoms with E-state index in [1.165, 1.54) is 0 Å². The fourth-order valence-electron chi connectivity index (χ4n) is 2.25. The first-order valence-corrected chi connectivity index (χ1v) is 5.76. The average Bonchev–Trinajstić information content (AvgIpc) is 2.28. The number of carboxylic acids is 1. The monoisotopic (exact) mass is 244 g/mol. The number of carboxylic acid groups (broad SMARTS) is 1. The van der Waals surface area contributed by atoms with Crippen molar-refractivity contribution in [3.63, 3.8) is 0 Å².